The van der Waals surface area contributed by atoms with Gasteiger partial charge in [0.25, 0.3) is 0 Å². The molecule has 1 atom stereocenters. The van der Waals surface area contributed by atoms with Crippen LogP contribution in [0.3, 0.4) is 0 Å². The summed E-state index contributed by atoms with van der Waals surface area (Å²) in [4.78, 5) is 13.6. The average Bonchev–Trinajstić information content (AvgIpc) is 2.27. The summed E-state index contributed by atoms with van der Waals surface area (Å²) in [6.07, 6.45) is 0.749. The first-order chi connectivity index (χ1) is 7.22. The third kappa shape index (κ3) is 2.36. The fourth-order valence-corrected chi connectivity index (χ4v) is 2.05. The van der Waals surface area contributed by atoms with E-state index in [-0.39, 0.29) is 24.4 Å². The lowest BCUT2D eigenvalue weighted by molar-refractivity contribution is -0.147. The van der Waals surface area contributed by atoms with E-state index in [0.29, 0.717) is 0 Å². The molecule has 0 aromatic heterocycles. The highest BCUT2D eigenvalue weighted by Gasteiger charge is 2.29. The van der Waals surface area contributed by atoms with Crippen molar-refractivity contribution in [2.24, 2.45) is 0 Å². The number of hydrogen-bond donors (Lipinski definition) is 0. The predicted molar refractivity (Wildman–Crippen MR) is 64.7 cm³/mol. The Hall–Kier alpha value is -1.06. The molecule has 1 aromatic carbocycles. The Labute approximate surface area is 102 Å². The number of likely N-dealkylation sites (N-methyl/N-ethyl adjacent to an activating group) is 1. The normalized spacial score (nSPS) is 19.5. The van der Waals surface area contributed by atoms with Crippen LogP contribution in [-0.2, 0) is 22.5 Å². The van der Waals surface area contributed by atoms with Crippen LogP contribution >= 0.6 is 12.4 Å². The van der Waals surface area contributed by atoms with E-state index >= 15 is 0 Å². The molecule has 1 aliphatic heterocycles. The first-order valence-corrected chi connectivity index (χ1v) is 5.07. The number of methoxy groups -OCH3 is 1. The third-order valence-electron chi connectivity index (χ3n) is 2.96. The molecule has 0 spiro atoms. The van der Waals surface area contributed by atoms with Crippen LogP contribution in [0.25, 0.3) is 0 Å². The maximum absolute atomic E-state index is 11.5. The molecule has 0 bridgehead atoms. The summed E-state index contributed by atoms with van der Waals surface area (Å²) in [7, 11) is 3.40. The molecular formula is C12H16ClNO2. The molecule has 2 rings (SSSR count). The minimum atomic E-state index is -0.146. The van der Waals surface area contributed by atoms with Gasteiger partial charge in [-0.15, -0.1) is 12.4 Å². The van der Waals surface area contributed by atoms with Crippen LogP contribution in [0.5, 0.6) is 0 Å². The zero-order valence-electron chi connectivity index (χ0n) is 9.47. The molecule has 0 radical (unpaired) electrons. The van der Waals surface area contributed by atoms with E-state index in [0.717, 1.165) is 13.0 Å². The Balaban J connectivity index is 0.00000128. The Morgan fingerprint density at radius 1 is 1.38 bits per heavy atom. The van der Waals surface area contributed by atoms with Crippen LogP contribution in [0.4, 0.5) is 0 Å². The van der Waals surface area contributed by atoms with Crippen LogP contribution in [0.1, 0.15) is 11.1 Å². The molecule has 1 unspecified atom stereocenters. The number of benzene rings is 1. The van der Waals surface area contributed by atoms with Gasteiger partial charge in [-0.05, 0) is 24.6 Å². The first-order valence-electron chi connectivity index (χ1n) is 5.07. The van der Waals surface area contributed by atoms with Gasteiger partial charge in [0.2, 0.25) is 0 Å². The Morgan fingerprint density at radius 3 is 2.62 bits per heavy atom. The van der Waals surface area contributed by atoms with Crippen LogP contribution in [-0.4, -0.2) is 31.1 Å². The zero-order valence-corrected chi connectivity index (χ0v) is 10.3. The molecule has 0 aliphatic carbocycles. The lowest BCUT2D eigenvalue weighted by Crippen LogP contribution is -2.43. The van der Waals surface area contributed by atoms with Crippen molar-refractivity contribution in [2.75, 3.05) is 14.2 Å². The maximum atomic E-state index is 11.5. The number of halogens is 1. The second kappa shape index (κ2) is 5.32. The number of esters is 1. The van der Waals surface area contributed by atoms with Gasteiger partial charge in [0.1, 0.15) is 6.04 Å². The largest absolute Gasteiger partial charge is 0.468 e. The monoisotopic (exact) mass is 241 g/mol. The Morgan fingerprint density at radius 2 is 2.00 bits per heavy atom. The van der Waals surface area contributed by atoms with Gasteiger partial charge in [-0.25, -0.2) is 0 Å². The van der Waals surface area contributed by atoms with E-state index in [1.54, 1.807) is 0 Å². The SMILES string of the molecule is COC(=O)C1Cc2ccccc2CN1C.Cl. The van der Waals surface area contributed by atoms with E-state index < -0.39 is 0 Å². The molecule has 0 saturated carbocycles. The van der Waals surface area contributed by atoms with Gasteiger partial charge in [-0.1, -0.05) is 24.3 Å². The highest BCUT2D eigenvalue weighted by atomic mass is 35.5. The second-order valence-corrected chi connectivity index (χ2v) is 3.93. The molecule has 1 aromatic rings. The number of fused-ring (bicyclic) bond motifs is 1. The Bertz CT molecular complexity index is 381. The predicted octanol–water partition coefficient (Wildman–Crippen LogP) is 1.64. The van der Waals surface area contributed by atoms with Crippen molar-refractivity contribution in [3.8, 4) is 0 Å². The summed E-state index contributed by atoms with van der Waals surface area (Å²) < 4.78 is 4.79. The van der Waals surface area contributed by atoms with Crippen LogP contribution < -0.4 is 0 Å². The van der Waals surface area contributed by atoms with Gasteiger partial charge < -0.3 is 4.74 Å². The fourth-order valence-electron chi connectivity index (χ4n) is 2.05. The first kappa shape index (κ1) is 13.0. The van der Waals surface area contributed by atoms with Gasteiger partial charge in [0.05, 0.1) is 7.11 Å². The van der Waals surface area contributed by atoms with Crippen LogP contribution in [0, 0.1) is 0 Å². The van der Waals surface area contributed by atoms with Gasteiger partial charge in [0.15, 0.2) is 0 Å². The number of rotatable bonds is 1. The third-order valence-corrected chi connectivity index (χ3v) is 2.96. The van der Waals surface area contributed by atoms with Crippen molar-refractivity contribution >= 4 is 18.4 Å². The van der Waals surface area contributed by atoms with E-state index in [1.807, 2.05) is 24.1 Å². The van der Waals surface area contributed by atoms with Gasteiger partial charge in [-0.3, -0.25) is 9.69 Å². The maximum Gasteiger partial charge on any atom is 0.323 e. The van der Waals surface area contributed by atoms with E-state index in [2.05, 4.69) is 12.1 Å². The summed E-state index contributed by atoms with van der Waals surface area (Å²) in [5.74, 6) is -0.146. The lowest BCUT2D eigenvalue weighted by atomic mass is 9.94. The molecule has 1 heterocycles. The molecular weight excluding hydrogens is 226 g/mol. The van der Waals surface area contributed by atoms with Crippen LogP contribution in [0.2, 0.25) is 0 Å². The molecule has 0 amide bonds. The fraction of sp³-hybridized carbons (Fsp3) is 0.417. The highest BCUT2D eigenvalue weighted by molar-refractivity contribution is 5.85. The quantitative estimate of drug-likeness (QED) is 0.700. The molecule has 88 valence electrons. The molecule has 0 fully saturated rings. The van der Waals surface area contributed by atoms with Crippen molar-refractivity contribution < 1.29 is 9.53 Å². The van der Waals surface area contributed by atoms with E-state index in [9.17, 15) is 4.79 Å². The number of carbonyl (C=O) groups excluding carboxylic acids is 1. The molecule has 0 N–H and O–H groups in total. The molecule has 4 heteroatoms. The molecule has 1 aliphatic rings. The smallest absolute Gasteiger partial charge is 0.323 e. The average molecular weight is 242 g/mol. The standard InChI is InChI=1S/C12H15NO2.ClH/c1-13-8-10-6-4-3-5-9(10)7-11(13)12(14)15-2;/h3-6,11H,7-8H2,1-2H3;1H. The number of hydrogen-bond acceptors (Lipinski definition) is 3. The summed E-state index contributed by atoms with van der Waals surface area (Å²) in [6, 6.07) is 8.10. The van der Waals surface area contributed by atoms with Crippen LogP contribution in [0.15, 0.2) is 24.3 Å². The summed E-state index contributed by atoms with van der Waals surface area (Å²) in [6.45, 7) is 0.815. The van der Waals surface area contributed by atoms with Crippen molar-refractivity contribution in [3.05, 3.63) is 35.4 Å². The van der Waals surface area contributed by atoms with Gasteiger partial charge >= 0.3 is 5.97 Å². The second-order valence-electron chi connectivity index (χ2n) is 3.93. The zero-order chi connectivity index (χ0) is 10.8. The molecule has 3 nitrogen and oxygen atoms in total. The lowest BCUT2D eigenvalue weighted by Gasteiger charge is -2.31. The minimum Gasteiger partial charge on any atom is -0.468 e. The summed E-state index contributed by atoms with van der Waals surface area (Å²) in [5, 5.41) is 0. The van der Waals surface area contributed by atoms with E-state index in [1.165, 1.54) is 18.2 Å². The number of nitrogens with zero attached hydrogens (tertiary/aromatic N) is 1. The van der Waals surface area contributed by atoms with Gasteiger partial charge in [-0.2, -0.15) is 0 Å². The van der Waals surface area contributed by atoms with Crippen molar-refractivity contribution in [1.82, 2.24) is 4.90 Å². The molecule has 16 heavy (non-hydrogen) atoms. The Kier molecular flexibility index (Phi) is 4.33. The summed E-state index contributed by atoms with van der Waals surface area (Å²) >= 11 is 0. The van der Waals surface area contributed by atoms with Gasteiger partial charge in [0, 0.05) is 6.54 Å². The van der Waals surface area contributed by atoms with Crippen molar-refractivity contribution in [2.45, 2.75) is 19.0 Å². The van der Waals surface area contributed by atoms with E-state index in [4.69, 9.17) is 4.74 Å². The number of carbonyl (C=O) groups is 1. The minimum absolute atomic E-state index is 0. The van der Waals surface area contributed by atoms with Crippen molar-refractivity contribution in [3.63, 3.8) is 0 Å². The molecule has 0 saturated heterocycles. The summed E-state index contributed by atoms with van der Waals surface area (Å²) in [5.41, 5.74) is 2.56. The highest BCUT2D eigenvalue weighted by Crippen LogP contribution is 2.22. The van der Waals surface area contributed by atoms with Crippen molar-refractivity contribution in [1.29, 1.82) is 0 Å². The topological polar surface area (TPSA) is 29.5 Å². The number of ether oxygens (including phenoxy) is 1.